The third kappa shape index (κ3) is 2.81. The fourth-order valence-corrected chi connectivity index (χ4v) is 3.50. The molecule has 1 aliphatic heterocycles. The monoisotopic (exact) mass is 307 g/mol. The third-order valence-corrected chi connectivity index (χ3v) is 5.03. The summed E-state index contributed by atoms with van der Waals surface area (Å²) in [4.78, 5) is 21.9. The van der Waals surface area contributed by atoms with Crippen LogP contribution in [0.25, 0.3) is 10.2 Å². The average molecular weight is 307 g/mol. The first-order chi connectivity index (χ1) is 10.1. The Bertz CT molecular complexity index is 686. The molecule has 0 radical (unpaired) electrons. The van der Waals surface area contributed by atoms with Gasteiger partial charge in [-0.25, -0.2) is 4.98 Å². The lowest BCUT2D eigenvalue weighted by atomic mass is 10.1. The highest BCUT2D eigenvalue weighted by molar-refractivity contribution is 7.22. The van der Waals surface area contributed by atoms with Crippen LogP contribution in [0.5, 0.6) is 0 Å². The quantitative estimate of drug-likeness (QED) is 0.789. The first-order valence-corrected chi connectivity index (χ1v) is 8.13. The molecule has 0 saturated carbocycles. The summed E-state index contributed by atoms with van der Waals surface area (Å²) in [5.74, 6) is 0.809. The number of piperazine rings is 1. The van der Waals surface area contributed by atoms with Gasteiger partial charge in [-0.3, -0.25) is 4.79 Å². The van der Waals surface area contributed by atoms with Crippen molar-refractivity contribution in [3.8, 4) is 0 Å². The van der Waals surface area contributed by atoms with Crippen LogP contribution in [-0.2, 0) is 0 Å². The summed E-state index contributed by atoms with van der Waals surface area (Å²) in [6.45, 7) is 7.92. The Kier molecular flexibility index (Phi) is 3.97. The maximum Gasteiger partial charge on any atom is 0.268 e. The van der Waals surface area contributed by atoms with Crippen LogP contribution in [0.15, 0.2) is 10.9 Å². The van der Waals surface area contributed by atoms with Crippen LogP contribution in [0.3, 0.4) is 0 Å². The molecule has 0 amide bonds. The Morgan fingerprint density at radius 3 is 2.76 bits per heavy atom. The molecule has 0 spiro atoms. The minimum absolute atomic E-state index is 0.0857. The number of H-pyrrole nitrogens is 1. The molecule has 21 heavy (non-hydrogen) atoms. The minimum atomic E-state index is -0.246. The van der Waals surface area contributed by atoms with Crippen molar-refractivity contribution in [3.63, 3.8) is 0 Å². The molecule has 0 bridgehead atoms. The minimum Gasteiger partial charge on any atom is -0.361 e. The smallest absolute Gasteiger partial charge is 0.268 e. The van der Waals surface area contributed by atoms with Gasteiger partial charge in [-0.05, 0) is 12.0 Å². The Labute approximate surface area is 127 Å². The number of hydrogen-bond acceptors (Lipinski definition) is 6. The number of rotatable bonds is 3. The standard InChI is InChI=1S/C14H21N5OS/c1-8(2)11(15)13-17-9-7-10(19-5-3-16-4-6-19)21-12(9)14(20)18-13/h7-8,11,16H,3-6,15H2,1-2H3,(H,17,18,20)/t11-/m0/s1. The van der Waals surface area contributed by atoms with Gasteiger partial charge in [0.2, 0.25) is 0 Å². The van der Waals surface area contributed by atoms with Crippen LogP contribution in [-0.4, -0.2) is 36.1 Å². The second-order valence-electron chi connectivity index (χ2n) is 5.76. The molecule has 0 aromatic carbocycles. The van der Waals surface area contributed by atoms with E-state index in [2.05, 4.69) is 20.2 Å². The van der Waals surface area contributed by atoms with Crippen LogP contribution in [0.4, 0.5) is 5.00 Å². The molecular weight excluding hydrogens is 286 g/mol. The van der Waals surface area contributed by atoms with E-state index in [9.17, 15) is 4.79 Å². The molecule has 2 aromatic rings. The lowest BCUT2D eigenvalue weighted by Crippen LogP contribution is -2.43. The molecule has 1 fully saturated rings. The Morgan fingerprint density at radius 1 is 1.38 bits per heavy atom. The summed E-state index contributed by atoms with van der Waals surface area (Å²) in [5.41, 5.74) is 6.77. The van der Waals surface area contributed by atoms with Gasteiger partial charge in [0, 0.05) is 26.2 Å². The van der Waals surface area contributed by atoms with E-state index in [0.29, 0.717) is 10.5 Å². The van der Waals surface area contributed by atoms with E-state index in [1.807, 2.05) is 19.9 Å². The van der Waals surface area contributed by atoms with Crippen LogP contribution in [0.2, 0.25) is 0 Å². The molecule has 3 heterocycles. The lowest BCUT2D eigenvalue weighted by Gasteiger charge is -2.27. The Balaban J connectivity index is 2.00. The van der Waals surface area contributed by atoms with Crippen molar-refractivity contribution in [3.05, 3.63) is 22.2 Å². The molecule has 1 saturated heterocycles. The molecule has 0 aliphatic carbocycles. The number of nitrogens with two attached hydrogens (primary N) is 1. The summed E-state index contributed by atoms with van der Waals surface area (Å²) in [6.07, 6.45) is 0. The van der Waals surface area contributed by atoms with Gasteiger partial charge in [0.15, 0.2) is 0 Å². The summed E-state index contributed by atoms with van der Waals surface area (Å²) < 4.78 is 0.684. The van der Waals surface area contributed by atoms with Gasteiger partial charge in [-0.2, -0.15) is 0 Å². The van der Waals surface area contributed by atoms with Crippen molar-refractivity contribution in [1.29, 1.82) is 0 Å². The van der Waals surface area contributed by atoms with Crippen molar-refractivity contribution in [2.24, 2.45) is 11.7 Å². The van der Waals surface area contributed by atoms with E-state index in [4.69, 9.17) is 5.73 Å². The second-order valence-corrected chi connectivity index (χ2v) is 6.79. The lowest BCUT2D eigenvalue weighted by molar-refractivity contribution is 0.491. The molecule has 1 aliphatic rings. The number of anilines is 1. The average Bonchev–Trinajstić information content (AvgIpc) is 2.92. The van der Waals surface area contributed by atoms with Crippen LogP contribution >= 0.6 is 11.3 Å². The fourth-order valence-electron chi connectivity index (χ4n) is 2.46. The van der Waals surface area contributed by atoms with Gasteiger partial charge in [0.05, 0.1) is 16.6 Å². The highest BCUT2D eigenvalue weighted by Gasteiger charge is 2.18. The number of aromatic nitrogens is 2. The SMILES string of the molecule is CC(C)[C@H](N)c1nc2cc(N3CCNCC3)sc2c(=O)[nH]1. The molecule has 1 atom stereocenters. The van der Waals surface area contributed by atoms with Gasteiger partial charge >= 0.3 is 0 Å². The number of fused-ring (bicyclic) bond motifs is 1. The Hall–Kier alpha value is -1.44. The van der Waals surface area contributed by atoms with Crippen LogP contribution in [0, 0.1) is 5.92 Å². The molecule has 7 heteroatoms. The summed E-state index contributed by atoms with van der Waals surface area (Å²) >= 11 is 1.51. The highest BCUT2D eigenvalue weighted by Crippen LogP contribution is 2.30. The number of nitrogens with one attached hydrogen (secondary N) is 2. The number of thiophene rings is 1. The van der Waals surface area contributed by atoms with Gasteiger partial charge in [-0.1, -0.05) is 13.8 Å². The molecular formula is C14H21N5OS. The van der Waals surface area contributed by atoms with Crippen molar-refractivity contribution in [1.82, 2.24) is 15.3 Å². The summed E-state index contributed by atoms with van der Waals surface area (Å²) in [7, 11) is 0. The first-order valence-electron chi connectivity index (χ1n) is 7.31. The normalized spacial score (nSPS) is 17.6. The summed E-state index contributed by atoms with van der Waals surface area (Å²) in [6, 6.07) is 1.77. The highest BCUT2D eigenvalue weighted by atomic mass is 32.1. The Morgan fingerprint density at radius 2 is 2.10 bits per heavy atom. The van der Waals surface area contributed by atoms with Crippen molar-refractivity contribution < 1.29 is 0 Å². The topological polar surface area (TPSA) is 87.0 Å². The predicted octanol–water partition coefficient (Wildman–Crippen LogP) is 1.05. The predicted molar refractivity (Wildman–Crippen MR) is 87.1 cm³/mol. The molecule has 3 rings (SSSR count). The molecule has 2 aromatic heterocycles. The zero-order valence-corrected chi connectivity index (χ0v) is 13.2. The van der Waals surface area contributed by atoms with Crippen molar-refractivity contribution in [2.45, 2.75) is 19.9 Å². The second kappa shape index (κ2) is 5.75. The van der Waals surface area contributed by atoms with Gasteiger partial charge in [-0.15, -0.1) is 11.3 Å². The molecule has 114 valence electrons. The molecule has 0 unspecified atom stereocenters. The van der Waals surface area contributed by atoms with E-state index in [0.717, 1.165) is 36.7 Å². The number of aromatic amines is 1. The van der Waals surface area contributed by atoms with Gasteiger partial charge in [0.1, 0.15) is 10.5 Å². The fraction of sp³-hybridized carbons (Fsp3) is 0.571. The largest absolute Gasteiger partial charge is 0.361 e. The summed E-state index contributed by atoms with van der Waals surface area (Å²) in [5, 5.41) is 4.44. The van der Waals surface area contributed by atoms with Crippen molar-refractivity contribution >= 4 is 26.6 Å². The number of nitrogens with zero attached hydrogens (tertiary/aromatic N) is 2. The zero-order chi connectivity index (χ0) is 15.0. The van der Waals surface area contributed by atoms with E-state index in [1.165, 1.54) is 11.3 Å². The molecule has 4 N–H and O–H groups in total. The van der Waals surface area contributed by atoms with Crippen molar-refractivity contribution in [2.75, 3.05) is 31.1 Å². The van der Waals surface area contributed by atoms with E-state index >= 15 is 0 Å². The zero-order valence-electron chi connectivity index (χ0n) is 12.3. The first kappa shape index (κ1) is 14.5. The van der Waals surface area contributed by atoms with E-state index in [1.54, 1.807) is 0 Å². The number of hydrogen-bond donors (Lipinski definition) is 3. The maximum atomic E-state index is 12.3. The molecule has 6 nitrogen and oxygen atoms in total. The van der Waals surface area contributed by atoms with Crippen LogP contribution in [0.1, 0.15) is 25.7 Å². The van der Waals surface area contributed by atoms with E-state index in [-0.39, 0.29) is 17.5 Å². The van der Waals surface area contributed by atoms with Gasteiger partial charge < -0.3 is 20.9 Å². The van der Waals surface area contributed by atoms with Gasteiger partial charge in [0.25, 0.3) is 5.56 Å². The maximum absolute atomic E-state index is 12.3. The van der Waals surface area contributed by atoms with E-state index < -0.39 is 0 Å². The third-order valence-electron chi connectivity index (χ3n) is 3.85. The van der Waals surface area contributed by atoms with Crippen LogP contribution < -0.4 is 21.5 Å².